The van der Waals surface area contributed by atoms with Crippen LogP contribution in [-0.4, -0.2) is 88.4 Å². The van der Waals surface area contributed by atoms with Gasteiger partial charge in [0.2, 0.25) is 5.91 Å². The van der Waals surface area contributed by atoms with E-state index in [9.17, 15) is 39.3 Å². The Labute approximate surface area is 304 Å². The normalized spacial score (nSPS) is 22.2. The molecule has 6 N–H and O–H groups in total. The van der Waals surface area contributed by atoms with Crippen LogP contribution in [0, 0.1) is 5.92 Å². The number of nitrogens with one attached hydrogen (secondary N) is 2. The third kappa shape index (κ3) is 7.97. The molecule has 3 aromatic rings. The molecule has 5 rings (SSSR count). The Hall–Kier alpha value is -4.44. The third-order valence-electron chi connectivity index (χ3n) is 9.86. The molecule has 13 nitrogen and oxygen atoms in total. The summed E-state index contributed by atoms with van der Waals surface area (Å²) < 4.78 is 6.85. The van der Waals surface area contributed by atoms with E-state index in [0.29, 0.717) is 28.2 Å². The fraction of sp³-hybridized carbons (Fsp3) is 0.421. The molecule has 0 aromatic heterocycles. The Morgan fingerprint density at radius 2 is 1.54 bits per heavy atom. The summed E-state index contributed by atoms with van der Waals surface area (Å²) >= 11 is 0. The van der Waals surface area contributed by atoms with Gasteiger partial charge in [-0.2, -0.15) is 0 Å². The van der Waals surface area contributed by atoms with E-state index in [4.69, 9.17) is 4.74 Å². The Morgan fingerprint density at radius 1 is 0.923 bits per heavy atom. The van der Waals surface area contributed by atoms with Crippen LogP contribution in [0.4, 0.5) is 17.1 Å². The molecular formula is C38H48N4O9Si. The lowest BCUT2D eigenvalue weighted by Gasteiger charge is -2.32. The van der Waals surface area contributed by atoms with Crippen LogP contribution in [0.3, 0.4) is 0 Å². The van der Waals surface area contributed by atoms with Crippen molar-refractivity contribution in [1.82, 2.24) is 4.90 Å². The molecule has 2 aliphatic rings. The molecule has 0 saturated carbocycles. The topological polar surface area (TPSA) is 189 Å². The van der Waals surface area contributed by atoms with Crippen molar-refractivity contribution < 1.29 is 44.0 Å². The molecule has 14 heteroatoms. The van der Waals surface area contributed by atoms with E-state index in [1.165, 1.54) is 13.8 Å². The number of benzene rings is 3. The van der Waals surface area contributed by atoms with Crippen molar-refractivity contribution in [3.8, 4) is 0 Å². The monoisotopic (exact) mass is 732 g/mol. The number of nitrogens with zero attached hydrogens (tertiary/aromatic N) is 2. The van der Waals surface area contributed by atoms with E-state index < -0.39 is 61.4 Å². The van der Waals surface area contributed by atoms with Crippen molar-refractivity contribution >= 4 is 49.0 Å². The number of fused-ring (bicyclic) bond motifs is 2. The second-order valence-corrected chi connectivity index (χ2v) is 18.2. The molecule has 0 bridgehead atoms. The van der Waals surface area contributed by atoms with Gasteiger partial charge in [-0.15, -0.1) is 0 Å². The molecule has 2 heterocycles. The quantitative estimate of drug-likeness (QED) is 0.144. The maximum atomic E-state index is 15.0. The molecule has 6 atom stereocenters. The number of anilines is 3. The number of ether oxygens (including phenoxy) is 1. The second kappa shape index (κ2) is 15.7. The number of rotatable bonds is 13. The number of aliphatic hydroxyl groups excluding tert-OH is 3. The Bertz CT molecular complexity index is 1800. The Morgan fingerprint density at radius 3 is 2.13 bits per heavy atom. The lowest BCUT2D eigenvalue weighted by Crippen LogP contribution is -2.46. The zero-order valence-corrected chi connectivity index (χ0v) is 31.1. The smallest absolute Gasteiger partial charge is 0.264 e. The average Bonchev–Trinajstić information content (AvgIpc) is 3.50. The van der Waals surface area contributed by atoms with Gasteiger partial charge < -0.3 is 45.3 Å². The van der Waals surface area contributed by atoms with Gasteiger partial charge >= 0.3 is 0 Å². The van der Waals surface area contributed by atoms with Crippen molar-refractivity contribution in [2.75, 3.05) is 28.7 Å². The molecule has 278 valence electrons. The lowest BCUT2D eigenvalue weighted by molar-refractivity contribution is -0.150. The van der Waals surface area contributed by atoms with Crippen LogP contribution in [0.5, 0.6) is 0 Å². The van der Waals surface area contributed by atoms with Gasteiger partial charge in [0.15, 0.2) is 13.9 Å². The molecule has 3 aromatic carbocycles. The SMILES string of the molecule is C[C@H](O)C(=O)Nc1cccc(CN2C(=O)[C@]3(O[C@H](CC(=O)N(CCO)Cc4ccccc4)[C@@H]([Si](C)(C)O)[C@@H]3C)c3cc(NC(=O)[C@H](C)O)ccc32)c1. The summed E-state index contributed by atoms with van der Waals surface area (Å²) in [6, 6.07) is 21.2. The van der Waals surface area contributed by atoms with E-state index in [2.05, 4.69) is 10.6 Å². The first-order chi connectivity index (χ1) is 24.6. The fourth-order valence-electron chi connectivity index (χ4n) is 7.45. The third-order valence-corrected chi connectivity index (χ3v) is 12.4. The van der Waals surface area contributed by atoms with Gasteiger partial charge in [-0.3, -0.25) is 19.2 Å². The molecule has 1 fully saturated rings. The van der Waals surface area contributed by atoms with Crippen LogP contribution in [0.1, 0.15) is 43.9 Å². The Balaban J connectivity index is 1.54. The van der Waals surface area contributed by atoms with E-state index in [1.54, 1.807) is 65.4 Å². The van der Waals surface area contributed by atoms with Gasteiger partial charge in [0.05, 0.1) is 31.4 Å². The molecule has 1 spiro atoms. The summed E-state index contributed by atoms with van der Waals surface area (Å²) in [5.41, 5.74) is 1.02. The Kier molecular flexibility index (Phi) is 11.7. The minimum atomic E-state index is -3.15. The minimum Gasteiger partial charge on any atom is -0.432 e. The highest BCUT2D eigenvalue weighted by atomic mass is 28.4. The van der Waals surface area contributed by atoms with Gasteiger partial charge in [0.25, 0.3) is 17.7 Å². The lowest BCUT2D eigenvalue weighted by atomic mass is 9.82. The van der Waals surface area contributed by atoms with Crippen LogP contribution in [-0.2, 0) is 42.6 Å². The van der Waals surface area contributed by atoms with Crippen molar-refractivity contribution in [2.24, 2.45) is 5.92 Å². The van der Waals surface area contributed by atoms with E-state index in [0.717, 1.165) is 5.56 Å². The standard InChI is InChI=1S/C38H48N4O9Si/c1-23-34(52(4,5)50)32(20-33(46)41(16-17-43)21-26-10-7-6-8-11-26)51-38(23)30-19-29(40-36(48)25(3)45)14-15-31(30)42(37(38)49)22-27-12-9-13-28(18-27)39-35(47)24(2)44/h6-15,18-19,23-25,32,34,43-45,50H,16-17,20-22H2,1-5H3,(H,39,47)(H,40,48)/t23-,24-,25-,32+,34-,38+/m0/s1. The maximum absolute atomic E-state index is 15.0. The number of hydrogen-bond acceptors (Lipinski definition) is 9. The van der Waals surface area contributed by atoms with Crippen molar-refractivity contribution in [2.45, 2.75) is 82.8 Å². The molecular weight excluding hydrogens is 685 g/mol. The van der Waals surface area contributed by atoms with Gasteiger partial charge in [0.1, 0.15) is 12.2 Å². The first kappa shape index (κ1) is 38.8. The highest BCUT2D eigenvalue weighted by molar-refractivity contribution is 6.71. The number of amides is 4. The highest BCUT2D eigenvalue weighted by Gasteiger charge is 2.66. The predicted molar refractivity (Wildman–Crippen MR) is 197 cm³/mol. The van der Waals surface area contributed by atoms with Gasteiger partial charge in [0, 0.05) is 41.5 Å². The van der Waals surface area contributed by atoms with Gasteiger partial charge in [-0.1, -0.05) is 49.4 Å². The fourth-order valence-corrected chi connectivity index (χ4v) is 10.0. The number of carbonyl (C=O) groups excluding carboxylic acids is 4. The van der Waals surface area contributed by atoms with Crippen LogP contribution in [0.15, 0.2) is 72.8 Å². The molecule has 2 aliphatic heterocycles. The van der Waals surface area contributed by atoms with E-state index in [-0.39, 0.29) is 38.6 Å². The van der Waals surface area contributed by atoms with Crippen molar-refractivity contribution in [3.63, 3.8) is 0 Å². The van der Waals surface area contributed by atoms with Gasteiger partial charge in [-0.05, 0) is 68.4 Å². The van der Waals surface area contributed by atoms with Crippen LogP contribution >= 0.6 is 0 Å². The summed E-state index contributed by atoms with van der Waals surface area (Å²) in [6.45, 7) is 8.22. The zero-order chi connectivity index (χ0) is 38.0. The largest absolute Gasteiger partial charge is 0.432 e. The minimum absolute atomic E-state index is 0.0665. The predicted octanol–water partition coefficient (Wildman–Crippen LogP) is 3.08. The molecule has 0 aliphatic carbocycles. The van der Waals surface area contributed by atoms with Crippen LogP contribution in [0.2, 0.25) is 18.6 Å². The highest BCUT2D eigenvalue weighted by Crippen LogP contribution is 2.60. The molecule has 52 heavy (non-hydrogen) atoms. The molecule has 0 unspecified atom stereocenters. The molecule has 4 amide bonds. The van der Waals surface area contributed by atoms with Crippen LogP contribution in [0.25, 0.3) is 0 Å². The summed E-state index contributed by atoms with van der Waals surface area (Å²) in [5, 5.41) is 34.7. The van der Waals surface area contributed by atoms with Crippen molar-refractivity contribution in [1.29, 1.82) is 0 Å². The first-order valence-corrected chi connectivity index (χ1v) is 20.4. The summed E-state index contributed by atoms with van der Waals surface area (Å²) in [4.78, 5) is 68.4. The number of carbonyl (C=O) groups is 4. The number of aliphatic hydroxyl groups is 3. The molecule has 1 saturated heterocycles. The average molecular weight is 733 g/mol. The summed E-state index contributed by atoms with van der Waals surface area (Å²) in [7, 11) is -3.15. The maximum Gasteiger partial charge on any atom is 0.264 e. The van der Waals surface area contributed by atoms with Crippen molar-refractivity contribution in [3.05, 3.63) is 89.5 Å². The zero-order valence-electron chi connectivity index (χ0n) is 30.1. The number of hydrogen-bond donors (Lipinski definition) is 6. The van der Waals surface area contributed by atoms with E-state index in [1.807, 2.05) is 37.3 Å². The molecule has 0 radical (unpaired) electrons. The van der Waals surface area contributed by atoms with E-state index >= 15 is 0 Å². The van der Waals surface area contributed by atoms with Crippen LogP contribution < -0.4 is 15.5 Å². The second-order valence-electron chi connectivity index (χ2n) is 14.2. The summed E-state index contributed by atoms with van der Waals surface area (Å²) in [5.74, 6) is -2.55. The first-order valence-electron chi connectivity index (χ1n) is 17.4. The van der Waals surface area contributed by atoms with Gasteiger partial charge in [-0.25, -0.2) is 0 Å². The summed E-state index contributed by atoms with van der Waals surface area (Å²) in [6.07, 6.45) is -3.52.